The Balaban J connectivity index is 4.40. The lowest BCUT2D eigenvalue weighted by Crippen LogP contribution is -2.43. The van der Waals surface area contributed by atoms with Crippen LogP contribution in [0.3, 0.4) is 0 Å². The molecule has 0 aliphatic carbocycles. The maximum atomic E-state index is 10.9. The van der Waals surface area contributed by atoms with E-state index in [0.29, 0.717) is 0 Å². The molecule has 0 fully saturated rings. The van der Waals surface area contributed by atoms with Gasteiger partial charge in [-0.15, -0.1) is 6.58 Å². The number of aliphatic hydroxyl groups is 1. The van der Waals surface area contributed by atoms with Crippen molar-refractivity contribution in [1.29, 1.82) is 0 Å². The molecule has 0 aliphatic rings. The molecule has 7 heteroatoms. The molecule has 0 unspecified atom stereocenters. The molecule has 0 aromatic carbocycles. The Morgan fingerprint density at radius 1 is 1.62 bits per heavy atom. The summed E-state index contributed by atoms with van der Waals surface area (Å²) in [5, 5.41) is 16.9. The first-order chi connectivity index (χ1) is 5.93. The number of nitrogens with one attached hydrogen (secondary N) is 1. The van der Waals surface area contributed by atoms with E-state index in [-0.39, 0.29) is 5.75 Å². The Morgan fingerprint density at radius 2 is 2.15 bits per heavy atom. The molecule has 0 heterocycles. The molecular formula is C6H11NO5S. The number of carboxylic acid groups (broad SMARTS) is 1. The van der Waals surface area contributed by atoms with Gasteiger partial charge in [-0.2, -0.15) is 4.72 Å². The second-order valence-corrected chi connectivity index (χ2v) is 4.06. The fraction of sp³-hybridized carbons (Fsp3) is 0.500. The monoisotopic (exact) mass is 209 g/mol. The summed E-state index contributed by atoms with van der Waals surface area (Å²) >= 11 is 0. The molecule has 0 bridgehead atoms. The Kier molecular flexibility index (Phi) is 4.60. The normalized spacial score (nSPS) is 13.6. The summed E-state index contributed by atoms with van der Waals surface area (Å²) in [6, 6.07) is -1.50. The predicted octanol–water partition coefficient (Wildman–Crippen LogP) is -1.46. The molecule has 0 radical (unpaired) electrons. The van der Waals surface area contributed by atoms with Crippen LogP contribution in [-0.2, 0) is 14.8 Å². The standard InChI is InChI=1S/C6H11NO5S/c1-2-3-13(11,12)7-5(4-8)6(9)10/h2,5,7-8H,1,3-4H2,(H,9,10)/t5-/m1/s1. The summed E-state index contributed by atoms with van der Waals surface area (Å²) in [7, 11) is -3.70. The molecule has 3 N–H and O–H groups in total. The predicted molar refractivity (Wildman–Crippen MR) is 45.6 cm³/mol. The fourth-order valence-electron chi connectivity index (χ4n) is 0.586. The van der Waals surface area contributed by atoms with Crippen molar-refractivity contribution in [2.24, 2.45) is 0 Å². The van der Waals surface area contributed by atoms with Crippen molar-refractivity contribution >= 4 is 16.0 Å². The first-order valence-electron chi connectivity index (χ1n) is 3.37. The number of hydrogen-bond acceptors (Lipinski definition) is 4. The van der Waals surface area contributed by atoms with Crippen molar-refractivity contribution in [2.45, 2.75) is 6.04 Å². The van der Waals surface area contributed by atoms with Gasteiger partial charge in [-0.1, -0.05) is 6.08 Å². The molecule has 0 aliphatic heterocycles. The maximum Gasteiger partial charge on any atom is 0.324 e. The van der Waals surface area contributed by atoms with Crippen molar-refractivity contribution in [3.63, 3.8) is 0 Å². The Hall–Kier alpha value is -0.920. The van der Waals surface area contributed by atoms with Crippen LogP contribution in [0.25, 0.3) is 0 Å². The van der Waals surface area contributed by atoms with Crippen LogP contribution < -0.4 is 4.72 Å². The lowest BCUT2D eigenvalue weighted by atomic mass is 10.3. The van der Waals surface area contributed by atoms with Crippen LogP contribution in [0.2, 0.25) is 0 Å². The highest BCUT2D eigenvalue weighted by Gasteiger charge is 2.21. The summed E-state index contributed by atoms with van der Waals surface area (Å²) in [5.74, 6) is -1.80. The quantitative estimate of drug-likeness (QED) is 0.464. The van der Waals surface area contributed by atoms with Gasteiger partial charge in [0.05, 0.1) is 12.4 Å². The Bertz CT molecular complexity index is 283. The molecule has 0 amide bonds. The van der Waals surface area contributed by atoms with Gasteiger partial charge < -0.3 is 10.2 Å². The van der Waals surface area contributed by atoms with Gasteiger partial charge >= 0.3 is 5.97 Å². The Labute approximate surface area is 75.9 Å². The van der Waals surface area contributed by atoms with E-state index >= 15 is 0 Å². The van der Waals surface area contributed by atoms with Crippen LogP contribution in [0.15, 0.2) is 12.7 Å². The average molecular weight is 209 g/mol. The number of hydrogen-bond donors (Lipinski definition) is 3. The summed E-state index contributed by atoms with van der Waals surface area (Å²) in [6.45, 7) is 2.41. The fourth-order valence-corrected chi connectivity index (χ4v) is 1.60. The van der Waals surface area contributed by atoms with Gasteiger partial charge in [-0.25, -0.2) is 8.42 Å². The lowest BCUT2D eigenvalue weighted by molar-refractivity contribution is -0.139. The molecule has 0 aromatic heterocycles. The van der Waals surface area contributed by atoms with Crippen LogP contribution in [0.5, 0.6) is 0 Å². The number of aliphatic carboxylic acids is 1. The number of sulfonamides is 1. The Morgan fingerprint density at radius 3 is 2.46 bits per heavy atom. The molecule has 13 heavy (non-hydrogen) atoms. The largest absolute Gasteiger partial charge is 0.480 e. The van der Waals surface area contributed by atoms with E-state index in [1.54, 1.807) is 4.72 Å². The molecule has 0 rings (SSSR count). The average Bonchev–Trinajstić information content (AvgIpc) is 1.99. The van der Waals surface area contributed by atoms with E-state index in [2.05, 4.69) is 6.58 Å². The molecule has 0 aromatic rings. The van der Waals surface area contributed by atoms with Gasteiger partial charge in [-0.3, -0.25) is 4.79 Å². The van der Waals surface area contributed by atoms with E-state index < -0.39 is 28.6 Å². The van der Waals surface area contributed by atoms with E-state index in [0.717, 1.165) is 6.08 Å². The van der Waals surface area contributed by atoms with Crippen LogP contribution in [0.4, 0.5) is 0 Å². The number of carbonyl (C=O) groups is 1. The molecule has 0 saturated carbocycles. The molecule has 6 nitrogen and oxygen atoms in total. The van der Waals surface area contributed by atoms with Crippen LogP contribution in [0.1, 0.15) is 0 Å². The van der Waals surface area contributed by atoms with Gasteiger partial charge in [0.2, 0.25) is 10.0 Å². The van der Waals surface area contributed by atoms with E-state index in [1.165, 1.54) is 0 Å². The first-order valence-corrected chi connectivity index (χ1v) is 5.02. The van der Waals surface area contributed by atoms with Crippen molar-refractivity contribution in [2.75, 3.05) is 12.4 Å². The third kappa shape index (κ3) is 4.61. The molecule has 76 valence electrons. The zero-order valence-electron chi connectivity index (χ0n) is 6.80. The van der Waals surface area contributed by atoms with Gasteiger partial charge in [0, 0.05) is 0 Å². The zero-order chi connectivity index (χ0) is 10.5. The van der Waals surface area contributed by atoms with Gasteiger partial charge in [0.15, 0.2) is 0 Å². The SMILES string of the molecule is C=CCS(=O)(=O)N[C@H](CO)C(=O)O. The molecule has 1 atom stereocenters. The van der Waals surface area contributed by atoms with Gasteiger partial charge in [0.1, 0.15) is 6.04 Å². The summed E-state index contributed by atoms with van der Waals surface area (Å²) < 4.78 is 23.7. The van der Waals surface area contributed by atoms with Crippen molar-refractivity contribution in [3.8, 4) is 0 Å². The van der Waals surface area contributed by atoms with Crippen LogP contribution >= 0.6 is 0 Å². The summed E-state index contributed by atoms with van der Waals surface area (Å²) in [6.07, 6.45) is 1.12. The highest BCUT2D eigenvalue weighted by molar-refractivity contribution is 7.89. The molecular weight excluding hydrogens is 198 g/mol. The van der Waals surface area contributed by atoms with E-state index in [4.69, 9.17) is 10.2 Å². The zero-order valence-corrected chi connectivity index (χ0v) is 7.62. The van der Waals surface area contributed by atoms with E-state index in [9.17, 15) is 13.2 Å². The first kappa shape index (κ1) is 12.1. The minimum atomic E-state index is -3.70. The third-order valence-corrected chi connectivity index (χ3v) is 2.46. The van der Waals surface area contributed by atoms with Crippen LogP contribution in [0, 0.1) is 0 Å². The smallest absolute Gasteiger partial charge is 0.324 e. The highest BCUT2D eigenvalue weighted by atomic mass is 32.2. The maximum absolute atomic E-state index is 10.9. The van der Waals surface area contributed by atoms with Crippen molar-refractivity contribution < 1.29 is 23.4 Å². The minimum absolute atomic E-state index is 0.378. The summed E-state index contributed by atoms with van der Waals surface area (Å²) in [5.41, 5.74) is 0. The number of aliphatic hydroxyl groups excluding tert-OH is 1. The van der Waals surface area contributed by atoms with Crippen LogP contribution in [-0.4, -0.2) is 43.0 Å². The van der Waals surface area contributed by atoms with Gasteiger partial charge in [-0.05, 0) is 0 Å². The van der Waals surface area contributed by atoms with Crippen molar-refractivity contribution in [1.82, 2.24) is 4.72 Å². The second-order valence-electron chi connectivity index (χ2n) is 2.26. The third-order valence-electron chi connectivity index (χ3n) is 1.14. The molecule has 0 spiro atoms. The summed E-state index contributed by atoms with van der Waals surface area (Å²) in [4.78, 5) is 10.3. The minimum Gasteiger partial charge on any atom is -0.480 e. The van der Waals surface area contributed by atoms with Crippen molar-refractivity contribution in [3.05, 3.63) is 12.7 Å². The van der Waals surface area contributed by atoms with E-state index in [1.807, 2.05) is 0 Å². The highest BCUT2D eigenvalue weighted by Crippen LogP contribution is 1.90. The van der Waals surface area contributed by atoms with Gasteiger partial charge in [0.25, 0.3) is 0 Å². The molecule has 0 saturated heterocycles. The second kappa shape index (κ2) is 4.95. The number of carboxylic acids is 1. The lowest BCUT2D eigenvalue weighted by Gasteiger charge is -2.10. The number of rotatable bonds is 6. The topological polar surface area (TPSA) is 104 Å².